The molecule has 0 spiro atoms. The number of rotatable bonds is 0. The number of benzene rings is 2. The zero-order valence-electron chi connectivity index (χ0n) is 13.3. The van der Waals surface area contributed by atoms with Gasteiger partial charge in [-0.25, -0.2) is 0 Å². The Labute approximate surface area is 136 Å². The van der Waals surface area contributed by atoms with Gasteiger partial charge in [0.1, 0.15) is 5.84 Å². The number of fused-ring (bicyclic) bond motifs is 8. The van der Waals surface area contributed by atoms with Gasteiger partial charge in [0.05, 0.1) is 17.3 Å². The van der Waals surface area contributed by atoms with Crippen LogP contribution < -0.4 is 4.90 Å². The molecular formula is C21H18N2. The van der Waals surface area contributed by atoms with Gasteiger partial charge in [0.25, 0.3) is 0 Å². The first-order chi connectivity index (χ1) is 11.2. The SMILES string of the molecule is Cc1ccc2c(c1)C1=NC3C=CC=CC3(C)N1c1ccccc1-2. The number of aryl methyl sites for hydroxylation is 1. The highest BCUT2D eigenvalue weighted by Crippen LogP contribution is 2.47. The minimum atomic E-state index is -0.123. The fourth-order valence-electron chi connectivity index (χ4n) is 4.05. The van der Waals surface area contributed by atoms with E-state index in [0.29, 0.717) is 0 Å². The lowest BCUT2D eigenvalue weighted by atomic mass is 9.84. The fraction of sp³-hybridized carbons (Fsp3) is 0.190. The highest BCUT2D eigenvalue weighted by atomic mass is 15.3. The molecule has 5 rings (SSSR count). The molecule has 0 saturated carbocycles. The topological polar surface area (TPSA) is 15.6 Å². The van der Waals surface area contributed by atoms with Crippen molar-refractivity contribution < 1.29 is 0 Å². The maximum Gasteiger partial charge on any atom is 0.137 e. The van der Waals surface area contributed by atoms with Gasteiger partial charge in [-0.2, -0.15) is 0 Å². The van der Waals surface area contributed by atoms with Gasteiger partial charge in [0.15, 0.2) is 0 Å². The molecule has 2 atom stereocenters. The summed E-state index contributed by atoms with van der Waals surface area (Å²) in [5.74, 6) is 1.10. The maximum atomic E-state index is 5.09. The van der Waals surface area contributed by atoms with Crippen molar-refractivity contribution in [3.63, 3.8) is 0 Å². The zero-order chi connectivity index (χ0) is 15.6. The third kappa shape index (κ3) is 1.56. The van der Waals surface area contributed by atoms with Crippen molar-refractivity contribution in [3.8, 4) is 11.1 Å². The Morgan fingerprint density at radius 3 is 2.78 bits per heavy atom. The van der Waals surface area contributed by atoms with E-state index in [-0.39, 0.29) is 11.6 Å². The molecule has 0 bridgehead atoms. The van der Waals surface area contributed by atoms with E-state index in [2.05, 4.69) is 85.5 Å². The maximum absolute atomic E-state index is 5.09. The molecule has 23 heavy (non-hydrogen) atoms. The Hall–Kier alpha value is -2.61. The summed E-state index contributed by atoms with van der Waals surface area (Å²) in [7, 11) is 0. The van der Waals surface area contributed by atoms with E-state index in [1.807, 2.05) is 0 Å². The van der Waals surface area contributed by atoms with Crippen LogP contribution in [-0.4, -0.2) is 17.4 Å². The molecule has 2 aromatic rings. The quantitative estimate of drug-likeness (QED) is 0.699. The monoisotopic (exact) mass is 298 g/mol. The van der Waals surface area contributed by atoms with Crippen LogP contribution in [0.3, 0.4) is 0 Å². The highest BCUT2D eigenvalue weighted by molar-refractivity contribution is 6.21. The second-order valence-electron chi connectivity index (χ2n) is 6.77. The summed E-state index contributed by atoms with van der Waals surface area (Å²) in [4.78, 5) is 7.52. The fourth-order valence-corrected chi connectivity index (χ4v) is 4.05. The summed E-state index contributed by atoms with van der Waals surface area (Å²) in [6, 6.07) is 15.5. The molecule has 0 aromatic heterocycles. The van der Waals surface area contributed by atoms with Crippen molar-refractivity contribution in [2.75, 3.05) is 4.90 Å². The Morgan fingerprint density at radius 1 is 1.00 bits per heavy atom. The van der Waals surface area contributed by atoms with E-state index in [1.165, 1.54) is 27.9 Å². The van der Waals surface area contributed by atoms with Crippen LogP contribution in [0, 0.1) is 6.92 Å². The molecule has 0 fully saturated rings. The predicted octanol–water partition coefficient (Wildman–Crippen LogP) is 4.50. The van der Waals surface area contributed by atoms with Gasteiger partial charge in [-0.05, 0) is 31.5 Å². The lowest BCUT2D eigenvalue weighted by molar-refractivity contribution is 0.546. The lowest BCUT2D eigenvalue weighted by Gasteiger charge is -2.42. The van der Waals surface area contributed by atoms with Crippen molar-refractivity contribution in [3.05, 3.63) is 77.9 Å². The summed E-state index contributed by atoms with van der Waals surface area (Å²) in [5.41, 5.74) is 6.25. The number of para-hydroxylation sites is 1. The predicted molar refractivity (Wildman–Crippen MR) is 96.1 cm³/mol. The number of amidine groups is 1. The van der Waals surface area contributed by atoms with Crippen molar-refractivity contribution in [2.45, 2.75) is 25.4 Å². The third-order valence-corrected chi connectivity index (χ3v) is 5.24. The largest absolute Gasteiger partial charge is 0.314 e. The van der Waals surface area contributed by atoms with Crippen molar-refractivity contribution in [1.29, 1.82) is 0 Å². The van der Waals surface area contributed by atoms with E-state index in [0.717, 1.165) is 5.84 Å². The molecule has 3 aliphatic rings. The van der Waals surface area contributed by atoms with Crippen molar-refractivity contribution in [1.82, 2.24) is 0 Å². The van der Waals surface area contributed by atoms with E-state index < -0.39 is 0 Å². The molecular weight excluding hydrogens is 280 g/mol. The second kappa shape index (κ2) is 4.23. The molecule has 0 radical (unpaired) electrons. The Balaban J connectivity index is 1.86. The number of allylic oxidation sites excluding steroid dienone is 2. The van der Waals surface area contributed by atoms with Crippen LogP contribution in [0.5, 0.6) is 0 Å². The molecule has 1 aliphatic carbocycles. The standard InChI is InChI=1S/C21H18N2/c1-14-10-11-15-16-7-3-4-8-18(16)23-20(17(15)13-14)22-19-9-5-6-12-21(19,23)2/h3-13,19H,1-2H3. The third-order valence-electron chi connectivity index (χ3n) is 5.24. The second-order valence-corrected chi connectivity index (χ2v) is 6.77. The first-order valence-electron chi connectivity index (χ1n) is 8.13. The minimum absolute atomic E-state index is 0.123. The number of anilines is 1. The number of nitrogens with zero attached hydrogens (tertiary/aromatic N) is 2. The summed E-state index contributed by atoms with van der Waals surface area (Å²) < 4.78 is 0. The summed E-state index contributed by atoms with van der Waals surface area (Å²) >= 11 is 0. The normalized spacial score (nSPS) is 26.3. The Bertz CT molecular complexity index is 919. The molecule has 0 N–H and O–H groups in total. The first-order valence-corrected chi connectivity index (χ1v) is 8.13. The number of hydrogen-bond donors (Lipinski definition) is 0. The summed E-state index contributed by atoms with van der Waals surface area (Å²) in [6.45, 7) is 4.43. The first kappa shape index (κ1) is 12.9. The number of aliphatic imine (C=N–C) groups is 1. The van der Waals surface area contributed by atoms with Gasteiger partial charge >= 0.3 is 0 Å². The Kier molecular flexibility index (Phi) is 2.37. The van der Waals surface area contributed by atoms with Crippen LogP contribution in [0.2, 0.25) is 0 Å². The van der Waals surface area contributed by atoms with E-state index in [9.17, 15) is 0 Å². The molecule has 0 saturated heterocycles. The van der Waals surface area contributed by atoms with Gasteiger partial charge in [-0.1, -0.05) is 60.2 Å². The van der Waals surface area contributed by atoms with Gasteiger partial charge in [0.2, 0.25) is 0 Å². The van der Waals surface area contributed by atoms with Gasteiger partial charge in [-0.15, -0.1) is 0 Å². The average Bonchev–Trinajstić information content (AvgIpc) is 2.88. The summed E-state index contributed by atoms with van der Waals surface area (Å²) in [5, 5.41) is 0. The molecule has 2 nitrogen and oxygen atoms in total. The van der Waals surface area contributed by atoms with E-state index >= 15 is 0 Å². The van der Waals surface area contributed by atoms with Crippen LogP contribution >= 0.6 is 0 Å². The number of hydrogen-bond acceptors (Lipinski definition) is 2. The highest BCUT2D eigenvalue weighted by Gasteiger charge is 2.48. The average molecular weight is 298 g/mol. The lowest BCUT2D eigenvalue weighted by Crippen LogP contribution is -2.51. The van der Waals surface area contributed by atoms with Crippen LogP contribution in [0.15, 0.2) is 71.8 Å². The molecule has 2 aromatic carbocycles. The van der Waals surface area contributed by atoms with Crippen LogP contribution in [0.1, 0.15) is 18.1 Å². The van der Waals surface area contributed by atoms with Gasteiger partial charge < -0.3 is 4.90 Å². The van der Waals surface area contributed by atoms with Crippen molar-refractivity contribution in [2.24, 2.45) is 4.99 Å². The molecule has 2 heteroatoms. The molecule has 2 heterocycles. The van der Waals surface area contributed by atoms with E-state index in [4.69, 9.17) is 4.99 Å². The molecule has 2 unspecified atom stereocenters. The van der Waals surface area contributed by atoms with Crippen LogP contribution in [0.25, 0.3) is 11.1 Å². The van der Waals surface area contributed by atoms with Gasteiger partial charge in [-0.3, -0.25) is 4.99 Å². The zero-order valence-corrected chi connectivity index (χ0v) is 13.3. The summed E-state index contributed by atoms with van der Waals surface area (Å²) in [6.07, 6.45) is 8.75. The minimum Gasteiger partial charge on any atom is -0.314 e. The Morgan fingerprint density at radius 2 is 1.87 bits per heavy atom. The van der Waals surface area contributed by atoms with Crippen LogP contribution in [0.4, 0.5) is 5.69 Å². The van der Waals surface area contributed by atoms with Gasteiger partial charge in [0, 0.05) is 11.1 Å². The smallest absolute Gasteiger partial charge is 0.137 e. The van der Waals surface area contributed by atoms with Crippen LogP contribution in [-0.2, 0) is 0 Å². The molecule has 112 valence electrons. The molecule has 0 amide bonds. The molecule has 2 aliphatic heterocycles. The van der Waals surface area contributed by atoms with Crippen molar-refractivity contribution >= 4 is 11.5 Å². The van der Waals surface area contributed by atoms with E-state index in [1.54, 1.807) is 0 Å².